The smallest absolute Gasteiger partial charge is 0.265 e. The topological polar surface area (TPSA) is 59.0 Å². The minimum absolute atomic E-state index is 0.0449. The highest BCUT2D eigenvalue weighted by Crippen LogP contribution is 2.43. The van der Waals surface area contributed by atoms with Gasteiger partial charge in [-0.25, -0.2) is 0 Å². The van der Waals surface area contributed by atoms with Crippen LogP contribution < -0.4 is 9.64 Å². The lowest BCUT2D eigenvalue weighted by Gasteiger charge is -2.34. The highest BCUT2D eigenvalue weighted by molar-refractivity contribution is 6.00. The maximum atomic E-state index is 11.7. The second kappa shape index (κ2) is 3.30. The van der Waals surface area contributed by atoms with Gasteiger partial charge in [0.1, 0.15) is 11.4 Å². The monoisotopic (exact) mass is 218 g/mol. The number of amides is 1. The summed E-state index contributed by atoms with van der Waals surface area (Å²) in [5.74, 6) is 0.637. The van der Waals surface area contributed by atoms with E-state index in [-0.39, 0.29) is 12.5 Å². The zero-order chi connectivity index (χ0) is 11.1. The first kappa shape index (κ1) is 9.33. The van der Waals surface area contributed by atoms with E-state index in [0.29, 0.717) is 18.0 Å². The molecule has 0 spiro atoms. The lowest BCUT2D eigenvalue weighted by molar-refractivity contribution is -0.121. The molecule has 0 fully saturated rings. The van der Waals surface area contributed by atoms with E-state index >= 15 is 0 Å². The number of nitroso groups, excluding NO2 is 1. The van der Waals surface area contributed by atoms with Crippen LogP contribution in [0, 0.1) is 4.91 Å². The Bertz CT molecular complexity index is 484. The number of carbonyl (C=O) groups excluding carboxylic acids is 1. The first-order valence-corrected chi connectivity index (χ1v) is 5.23. The molecular weight excluding hydrogens is 208 g/mol. The maximum absolute atomic E-state index is 11.7. The molecule has 16 heavy (non-hydrogen) atoms. The molecule has 82 valence electrons. The first-order valence-electron chi connectivity index (χ1n) is 5.23. The van der Waals surface area contributed by atoms with E-state index in [4.69, 9.17) is 4.74 Å². The van der Waals surface area contributed by atoms with Crippen LogP contribution in [0.4, 0.5) is 11.4 Å². The van der Waals surface area contributed by atoms with E-state index in [9.17, 15) is 9.70 Å². The molecule has 1 amide bonds. The molecule has 0 N–H and O–H groups in total. The molecule has 5 heteroatoms. The van der Waals surface area contributed by atoms with Gasteiger partial charge in [0.25, 0.3) is 5.91 Å². The minimum atomic E-state index is -0.0449. The predicted octanol–water partition coefficient (Wildman–Crippen LogP) is 1.76. The third-order valence-corrected chi connectivity index (χ3v) is 3.05. The second-order valence-electron chi connectivity index (χ2n) is 3.94. The normalized spacial score (nSPS) is 17.8. The Labute approximate surface area is 92.0 Å². The highest BCUT2D eigenvalue weighted by atomic mass is 16.5. The molecule has 5 nitrogen and oxygen atoms in total. The average Bonchev–Trinajstić information content (AvgIpc) is 2.34. The van der Waals surface area contributed by atoms with Crippen molar-refractivity contribution in [1.29, 1.82) is 0 Å². The van der Waals surface area contributed by atoms with Crippen molar-refractivity contribution in [3.05, 3.63) is 22.6 Å². The lowest BCUT2D eigenvalue weighted by Crippen LogP contribution is -2.42. The summed E-state index contributed by atoms with van der Waals surface area (Å²) < 4.78 is 5.35. The Hall–Kier alpha value is -1.91. The number of anilines is 1. The van der Waals surface area contributed by atoms with Crippen LogP contribution in [0.2, 0.25) is 0 Å². The van der Waals surface area contributed by atoms with Gasteiger partial charge in [-0.3, -0.25) is 4.79 Å². The molecule has 0 saturated carbocycles. The third kappa shape index (κ3) is 1.14. The molecule has 1 aromatic rings. The van der Waals surface area contributed by atoms with Crippen molar-refractivity contribution in [1.82, 2.24) is 0 Å². The molecular formula is C11H10N2O3. The molecule has 0 unspecified atom stereocenters. The number of nitrogens with zero attached hydrogens (tertiary/aromatic N) is 2. The molecule has 1 aromatic carbocycles. The Morgan fingerprint density at radius 2 is 2.25 bits per heavy atom. The fourth-order valence-electron chi connectivity index (χ4n) is 2.34. The zero-order valence-electron chi connectivity index (χ0n) is 8.60. The molecule has 0 aliphatic carbocycles. The summed E-state index contributed by atoms with van der Waals surface area (Å²) in [5, 5.41) is 3.00. The Morgan fingerprint density at radius 1 is 1.38 bits per heavy atom. The zero-order valence-corrected chi connectivity index (χ0v) is 8.60. The first-order chi connectivity index (χ1) is 7.81. The predicted molar refractivity (Wildman–Crippen MR) is 58.1 cm³/mol. The van der Waals surface area contributed by atoms with Crippen LogP contribution in [-0.2, 0) is 11.2 Å². The molecule has 3 rings (SSSR count). The van der Waals surface area contributed by atoms with Gasteiger partial charge in [0.2, 0.25) is 0 Å². The van der Waals surface area contributed by atoms with E-state index in [1.165, 1.54) is 0 Å². The molecule has 2 aliphatic rings. The molecule has 0 atom stereocenters. The van der Waals surface area contributed by atoms with Gasteiger partial charge in [-0.05, 0) is 30.2 Å². The summed E-state index contributed by atoms with van der Waals surface area (Å²) in [6.07, 6.45) is 1.64. The number of hydrogen-bond donors (Lipinski definition) is 0. The van der Waals surface area contributed by atoms with Crippen molar-refractivity contribution >= 4 is 17.3 Å². The number of hydrogen-bond acceptors (Lipinski definition) is 4. The summed E-state index contributed by atoms with van der Waals surface area (Å²) in [6, 6.07) is 3.36. The number of rotatable bonds is 1. The number of benzene rings is 1. The molecule has 0 aromatic heterocycles. The number of ether oxygens (including phenoxy) is 1. The van der Waals surface area contributed by atoms with E-state index < -0.39 is 0 Å². The van der Waals surface area contributed by atoms with Gasteiger partial charge in [0, 0.05) is 12.1 Å². The van der Waals surface area contributed by atoms with Crippen LogP contribution >= 0.6 is 0 Å². The van der Waals surface area contributed by atoms with Crippen molar-refractivity contribution in [3.63, 3.8) is 0 Å². The summed E-state index contributed by atoms with van der Waals surface area (Å²) >= 11 is 0. The van der Waals surface area contributed by atoms with Crippen LogP contribution in [0.25, 0.3) is 0 Å². The van der Waals surface area contributed by atoms with Gasteiger partial charge in [-0.2, -0.15) is 0 Å². The van der Waals surface area contributed by atoms with Gasteiger partial charge < -0.3 is 9.64 Å². The fourth-order valence-corrected chi connectivity index (χ4v) is 2.34. The summed E-state index contributed by atoms with van der Waals surface area (Å²) in [6.45, 7) is 0.783. The summed E-state index contributed by atoms with van der Waals surface area (Å²) in [7, 11) is 0. The van der Waals surface area contributed by atoms with Crippen LogP contribution in [0.3, 0.4) is 0 Å². The summed E-state index contributed by atoms with van der Waals surface area (Å²) in [4.78, 5) is 24.1. The van der Waals surface area contributed by atoms with E-state index in [1.54, 1.807) is 17.0 Å². The second-order valence-corrected chi connectivity index (χ2v) is 3.94. The quantitative estimate of drug-likeness (QED) is 0.675. The van der Waals surface area contributed by atoms with Crippen LogP contribution in [-0.4, -0.2) is 19.1 Å². The Balaban J connectivity index is 2.25. The molecule has 0 saturated heterocycles. The van der Waals surface area contributed by atoms with E-state index in [1.807, 2.05) is 0 Å². The fraction of sp³-hybridized carbons (Fsp3) is 0.364. The van der Waals surface area contributed by atoms with Crippen molar-refractivity contribution < 1.29 is 9.53 Å². The third-order valence-electron chi connectivity index (χ3n) is 3.05. The van der Waals surface area contributed by atoms with Gasteiger partial charge in [-0.1, -0.05) is 0 Å². The lowest BCUT2D eigenvalue weighted by atomic mass is 9.98. The number of carbonyl (C=O) groups is 1. The van der Waals surface area contributed by atoms with Gasteiger partial charge >= 0.3 is 0 Å². The minimum Gasteiger partial charge on any atom is -0.482 e. The van der Waals surface area contributed by atoms with E-state index in [2.05, 4.69) is 5.18 Å². The van der Waals surface area contributed by atoms with Crippen molar-refractivity contribution in [3.8, 4) is 5.75 Å². The summed E-state index contributed by atoms with van der Waals surface area (Å²) in [5.41, 5.74) is 2.01. The molecule has 2 heterocycles. The van der Waals surface area contributed by atoms with Gasteiger partial charge in [-0.15, -0.1) is 4.91 Å². The van der Waals surface area contributed by atoms with Crippen molar-refractivity contribution in [2.75, 3.05) is 18.1 Å². The van der Waals surface area contributed by atoms with E-state index in [0.717, 1.165) is 24.1 Å². The Morgan fingerprint density at radius 3 is 3.06 bits per heavy atom. The SMILES string of the molecule is O=Nc1ccc2c3c1CCCN3C(=O)CO2. The Kier molecular flexibility index (Phi) is 1.92. The van der Waals surface area contributed by atoms with Crippen molar-refractivity contribution in [2.45, 2.75) is 12.8 Å². The van der Waals surface area contributed by atoms with Crippen LogP contribution in [0.5, 0.6) is 5.75 Å². The average molecular weight is 218 g/mol. The molecule has 0 bridgehead atoms. The van der Waals surface area contributed by atoms with Crippen molar-refractivity contribution in [2.24, 2.45) is 5.18 Å². The standard InChI is InChI=1S/C11H10N2O3/c14-10-6-16-9-4-3-8(12-15)7-2-1-5-13(10)11(7)9/h3-4H,1-2,5-6H2. The largest absolute Gasteiger partial charge is 0.482 e. The van der Waals surface area contributed by atoms with Crippen LogP contribution in [0.15, 0.2) is 17.3 Å². The molecule has 0 radical (unpaired) electrons. The van der Waals surface area contributed by atoms with Gasteiger partial charge in [0.05, 0.1) is 5.69 Å². The maximum Gasteiger partial charge on any atom is 0.265 e. The highest BCUT2D eigenvalue weighted by Gasteiger charge is 2.32. The molecule has 2 aliphatic heterocycles. The van der Waals surface area contributed by atoms with Gasteiger partial charge in [0.15, 0.2) is 6.61 Å². The van der Waals surface area contributed by atoms with Crippen LogP contribution in [0.1, 0.15) is 12.0 Å².